The van der Waals surface area contributed by atoms with E-state index in [2.05, 4.69) is 41.9 Å². The lowest BCUT2D eigenvalue weighted by Gasteiger charge is -2.11. The van der Waals surface area contributed by atoms with Gasteiger partial charge in [-0.15, -0.1) is 0 Å². The van der Waals surface area contributed by atoms with Gasteiger partial charge in [-0.1, -0.05) is 92.5 Å². The first-order valence-electron chi connectivity index (χ1n) is 12.0. The second-order valence-corrected chi connectivity index (χ2v) is 10.1. The molecular weight excluding hydrogens is 680 g/mol. The molecule has 0 heterocycles. The topological polar surface area (TPSA) is 109 Å². The largest absolute Gasteiger partial charge is 0.495 e. The SMILES string of the molecule is COc1cc(Br)ccc1N.COc1cc(Br)ccc1NC(=O)OCc1ccccc1.O=C(Cl)OCc1ccccc1. The van der Waals surface area contributed by atoms with Gasteiger partial charge in [0.15, 0.2) is 0 Å². The van der Waals surface area contributed by atoms with Gasteiger partial charge in [-0.2, -0.15) is 0 Å². The van der Waals surface area contributed by atoms with Gasteiger partial charge in [0.2, 0.25) is 0 Å². The standard InChI is InChI=1S/C15H14BrNO3.C8H7ClO2.C7H8BrNO/c1-19-14-9-12(16)7-8-13(14)17-15(18)20-10-11-5-3-2-4-6-11;9-8(10)11-6-7-4-2-1-3-5-7;1-10-7-4-5(8)2-3-6(7)9/h2-9H,10H2,1H3,(H,17,18);1-5H,6H2;2-4H,9H2,1H3. The molecule has 0 saturated carbocycles. The number of carbonyl (C=O) groups is 2. The molecule has 0 aliphatic heterocycles. The molecule has 4 aromatic carbocycles. The van der Waals surface area contributed by atoms with Crippen molar-refractivity contribution in [1.29, 1.82) is 0 Å². The molecule has 3 N–H and O–H groups in total. The fourth-order valence-electron chi connectivity index (χ4n) is 3.04. The van der Waals surface area contributed by atoms with Gasteiger partial charge in [-0.25, -0.2) is 9.59 Å². The summed E-state index contributed by atoms with van der Waals surface area (Å²) in [5.74, 6) is 1.27. The highest BCUT2D eigenvalue weighted by atomic mass is 79.9. The first-order chi connectivity index (χ1) is 19.7. The third-order valence-electron chi connectivity index (χ3n) is 5.00. The van der Waals surface area contributed by atoms with Crippen LogP contribution in [-0.2, 0) is 22.7 Å². The van der Waals surface area contributed by atoms with Crippen LogP contribution in [-0.4, -0.2) is 25.7 Å². The molecule has 0 spiro atoms. The second kappa shape index (κ2) is 18.6. The Hall–Kier alpha value is -3.73. The lowest BCUT2D eigenvalue weighted by molar-refractivity contribution is 0.155. The van der Waals surface area contributed by atoms with Crippen molar-refractivity contribution in [3.63, 3.8) is 0 Å². The van der Waals surface area contributed by atoms with Gasteiger partial charge in [0.25, 0.3) is 0 Å². The van der Waals surface area contributed by atoms with Crippen LogP contribution in [0.3, 0.4) is 0 Å². The zero-order chi connectivity index (χ0) is 30.0. The highest BCUT2D eigenvalue weighted by Crippen LogP contribution is 2.28. The van der Waals surface area contributed by atoms with Crippen LogP contribution in [0.25, 0.3) is 0 Å². The minimum absolute atomic E-state index is 0.228. The van der Waals surface area contributed by atoms with E-state index in [1.165, 1.54) is 0 Å². The summed E-state index contributed by atoms with van der Waals surface area (Å²) < 4.78 is 21.7. The molecule has 0 bridgehead atoms. The third-order valence-corrected chi connectivity index (χ3v) is 6.10. The monoisotopic (exact) mass is 706 g/mol. The minimum atomic E-state index is -0.770. The van der Waals surface area contributed by atoms with Crippen LogP contribution >= 0.6 is 43.5 Å². The van der Waals surface area contributed by atoms with E-state index in [-0.39, 0.29) is 13.2 Å². The van der Waals surface area contributed by atoms with Crippen molar-refractivity contribution in [2.45, 2.75) is 13.2 Å². The average molecular weight is 709 g/mol. The van der Waals surface area contributed by atoms with E-state index in [0.717, 1.165) is 20.1 Å². The van der Waals surface area contributed by atoms with Crippen LogP contribution in [0.15, 0.2) is 106 Å². The van der Waals surface area contributed by atoms with E-state index in [0.29, 0.717) is 22.9 Å². The van der Waals surface area contributed by atoms with Crippen molar-refractivity contribution in [3.05, 3.63) is 117 Å². The van der Waals surface area contributed by atoms with Crippen LogP contribution < -0.4 is 20.5 Å². The smallest absolute Gasteiger partial charge is 0.412 e. The van der Waals surface area contributed by atoms with Gasteiger partial charge >= 0.3 is 11.5 Å². The number of ether oxygens (including phenoxy) is 4. The summed E-state index contributed by atoms with van der Waals surface area (Å²) in [5.41, 5.74) is 7.87. The molecule has 0 atom stereocenters. The fraction of sp³-hybridized carbons (Fsp3) is 0.133. The van der Waals surface area contributed by atoms with Crippen LogP contribution in [0.4, 0.5) is 21.0 Å². The molecule has 0 saturated heterocycles. The maximum absolute atomic E-state index is 11.7. The van der Waals surface area contributed by atoms with E-state index < -0.39 is 11.5 Å². The molecule has 4 aromatic rings. The van der Waals surface area contributed by atoms with Crippen molar-refractivity contribution < 1.29 is 28.5 Å². The first-order valence-corrected chi connectivity index (χ1v) is 13.9. The number of hydrogen-bond donors (Lipinski definition) is 2. The number of hydrogen-bond acceptors (Lipinski definition) is 7. The number of methoxy groups -OCH3 is 2. The van der Waals surface area contributed by atoms with Gasteiger partial charge in [0.1, 0.15) is 24.7 Å². The maximum atomic E-state index is 11.7. The molecule has 0 aliphatic carbocycles. The van der Waals surface area contributed by atoms with E-state index >= 15 is 0 Å². The van der Waals surface area contributed by atoms with Gasteiger partial charge in [-0.3, -0.25) is 5.32 Å². The number of amides is 1. The van der Waals surface area contributed by atoms with Crippen LogP contribution in [0, 0.1) is 0 Å². The number of halogens is 3. The number of nitrogens with one attached hydrogen (secondary N) is 1. The second-order valence-electron chi connectivity index (χ2n) is 7.93. The lowest BCUT2D eigenvalue weighted by Crippen LogP contribution is -2.14. The molecule has 8 nitrogen and oxygen atoms in total. The summed E-state index contributed by atoms with van der Waals surface area (Å²) in [6.07, 6.45) is -0.519. The Morgan fingerprint density at radius 3 is 1.71 bits per heavy atom. The highest BCUT2D eigenvalue weighted by Gasteiger charge is 2.09. The molecule has 41 heavy (non-hydrogen) atoms. The Bertz CT molecular complexity index is 1380. The Kier molecular flexibility index (Phi) is 15.2. The number of anilines is 2. The highest BCUT2D eigenvalue weighted by molar-refractivity contribution is 9.10. The normalized spacial score (nSPS) is 9.59. The Morgan fingerprint density at radius 2 is 1.22 bits per heavy atom. The van der Waals surface area contributed by atoms with E-state index in [4.69, 9.17) is 31.5 Å². The zero-order valence-electron chi connectivity index (χ0n) is 22.3. The average Bonchev–Trinajstić information content (AvgIpc) is 2.99. The molecule has 4 rings (SSSR count). The zero-order valence-corrected chi connectivity index (χ0v) is 26.2. The Balaban J connectivity index is 0.000000236. The third kappa shape index (κ3) is 13.5. The van der Waals surface area contributed by atoms with Crippen molar-refractivity contribution in [3.8, 4) is 11.5 Å². The Morgan fingerprint density at radius 1 is 0.732 bits per heavy atom. The van der Waals surface area contributed by atoms with E-state index in [1.54, 1.807) is 32.4 Å². The van der Waals surface area contributed by atoms with Crippen LogP contribution in [0.1, 0.15) is 11.1 Å². The molecule has 0 aliphatic rings. The number of rotatable bonds is 7. The van der Waals surface area contributed by atoms with Crippen molar-refractivity contribution in [2.75, 3.05) is 25.3 Å². The maximum Gasteiger partial charge on any atom is 0.412 e. The van der Waals surface area contributed by atoms with Crippen LogP contribution in [0.2, 0.25) is 0 Å². The fourth-order valence-corrected chi connectivity index (χ4v) is 3.77. The van der Waals surface area contributed by atoms with E-state index in [1.807, 2.05) is 78.9 Å². The number of nitrogens with two attached hydrogens (primary N) is 1. The minimum Gasteiger partial charge on any atom is -0.495 e. The number of nitrogen functional groups attached to an aromatic ring is 1. The Labute approximate surface area is 261 Å². The number of benzene rings is 4. The summed E-state index contributed by atoms with van der Waals surface area (Å²) >= 11 is 11.6. The van der Waals surface area contributed by atoms with Crippen LogP contribution in [0.5, 0.6) is 11.5 Å². The van der Waals surface area contributed by atoms with Gasteiger partial charge in [0, 0.05) is 20.5 Å². The molecule has 0 unspecified atom stereocenters. The summed E-state index contributed by atoms with van der Waals surface area (Å²) in [7, 11) is 3.14. The lowest BCUT2D eigenvalue weighted by atomic mass is 10.2. The van der Waals surface area contributed by atoms with Crippen molar-refractivity contribution >= 4 is 66.4 Å². The van der Waals surface area contributed by atoms with Crippen molar-refractivity contribution in [1.82, 2.24) is 0 Å². The summed E-state index contributed by atoms with van der Waals surface area (Å²) in [5, 5.41) is 2.65. The molecule has 0 fully saturated rings. The summed E-state index contributed by atoms with van der Waals surface area (Å²) in [4.78, 5) is 21.9. The summed E-state index contributed by atoms with van der Waals surface area (Å²) in [6, 6.07) is 29.7. The van der Waals surface area contributed by atoms with Gasteiger partial charge < -0.3 is 24.7 Å². The molecule has 216 valence electrons. The predicted octanol–water partition coefficient (Wildman–Crippen LogP) is 8.81. The first kappa shape index (κ1) is 33.5. The number of carbonyl (C=O) groups excluding carboxylic acids is 2. The molecule has 0 aromatic heterocycles. The van der Waals surface area contributed by atoms with Gasteiger partial charge in [-0.05, 0) is 47.5 Å². The molecule has 11 heteroatoms. The van der Waals surface area contributed by atoms with E-state index in [9.17, 15) is 9.59 Å². The quantitative estimate of drug-likeness (QED) is 0.146. The summed E-state index contributed by atoms with van der Waals surface area (Å²) in [6.45, 7) is 0.467. The predicted molar refractivity (Wildman–Crippen MR) is 169 cm³/mol. The van der Waals surface area contributed by atoms with Gasteiger partial charge in [0.05, 0.1) is 25.6 Å². The van der Waals surface area contributed by atoms with Crippen molar-refractivity contribution in [2.24, 2.45) is 0 Å². The molecule has 1 amide bonds. The molecular formula is C30H29Br2ClN2O6. The molecule has 0 radical (unpaired) electrons.